The van der Waals surface area contributed by atoms with Crippen LogP contribution in [0.1, 0.15) is 90.9 Å². The standard InChI is InChI=1S/C51H45N3O/c1-49(2,3)35-16-12-10-14-27(35)31-22-33-43-41-29(31)20-18-26-19-21-30-32(28-15-11-13-17-36(28)50(4,5)6)23-34(44(43)42(30)40(26)41)46-45(33)47-53-37-25-52-39(51(7,8)9)24-38(37)54(47)48(46)55/h10-25,48,55H,1-9H3. The summed E-state index contributed by atoms with van der Waals surface area (Å²) in [6, 6.07) is 34.1. The van der Waals surface area contributed by atoms with Crippen molar-refractivity contribution < 1.29 is 5.11 Å². The molecule has 4 nitrogen and oxygen atoms in total. The number of hydrogen-bond donors (Lipinski definition) is 1. The van der Waals surface area contributed by atoms with Gasteiger partial charge in [0.1, 0.15) is 11.3 Å². The molecule has 270 valence electrons. The number of benzene rings is 7. The molecule has 8 aromatic carbocycles. The van der Waals surface area contributed by atoms with Crippen molar-refractivity contribution in [3.8, 4) is 33.6 Å². The Labute approximate surface area is 321 Å². The predicted molar refractivity (Wildman–Crippen MR) is 231 cm³/mol. The summed E-state index contributed by atoms with van der Waals surface area (Å²) in [5.74, 6) is 0.807. The van der Waals surface area contributed by atoms with Crippen molar-refractivity contribution in [1.82, 2.24) is 14.5 Å². The Hall–Kier alpha value is -5.58. The summed E-state index contributed by atoms with van der Waals surface area (Å²) in [6.07, 6.45) is 0.974. The largest absolute Gasteiger partial charge is 0.369 e. The van der Waals surface area contributed by atoms with E-state index in [-0.39, 0.29) is 16.2 Å². The van der Waals surface area contributed by atoms with Crippen molar-refractivity contribution in [2.24, 2.45) is 0 Å². The normalized spacial score (nSPS) is 15.3. The van der Waals surface area contributed by atoms with Crippen LogP contribution in [0.15, 0.2) is 97.2 Å². The molecule has 1 aliphatic rings. The van der Waals surface area contributed by atoms with E-state index in [2.05, 4.69) is 158 Å². The van der Waals surface area contributed by atoms with Crippen LogP contribution in [-0.4, -0.2) is 19.6 Å². The second-order valence-corrected chi connectivity index (χ2v) is 19.1. The summed E-state index contributed by atoms with van der Waals surface area (Å²) < 4.78 is 2.07. The molecule has 0 saturated carbocycles. The molecular weight excluding hydrogens is 671 g/mol. The highest BCUT2D eigenvalue weighted by Gasteiger charge is 2.38. The van der Waals surface area contributed by atoms with Crippen LogP contribution >= 0.6 is 0 Å². The van der Waals surface area contributed by atoms with Crippen molar-refractivity contribution in [3.63, 3.8) is 0 Å². The quantitative estimate of drug-likeness (QED) is 0.181. The summed E-state index contributed by atoms with van der Waals surface area (Å²) >= 11 is 0. The Morgan fingerprint density at radius 1 is 0.545 bits per heavy atom. The maximum Gasteiger partial charge on any atom is 0.160 e. The summed E-state index contributed by atoms with van der Waals surface area (Å²) in [4.78, 5) is 10.2. The fourth-order valence-electron chi connectivity index (χ4n) is 10.1. The Balaban J connectivity index is 1.38. The SMILES string of the molecule is CC(C)(C)c1cc2c(cn1)nc1n2C(O)c2c-1c1cc(-c3ccccc3C(C)(C)C)c3ccc4ccc5c(-c6ccccc6C(C)(C)C)cc2c2c5c4c3c12. The molecule has 0 radical (unpaired) electrons. The van der Waals surface area contributed by atoms with Gasteiger partial charge in [-0.25, -0.2) is 4.98 Å². The van der Waals surface area contributed by atoms with Gasteiger partial charge < -0.3 is 5.11 Å². The third kappa shape index (κ3) is 4.21. The van der Waals surface area contributed by atoms with Gasteiger partial charge in [-0.3, -0.25) is 9.55 Å². The van der Waals surface area contributed by atoms with Gasteiger partial charge in [0.05, 0.1) is 11.7 Å². The monoisotopic (exact) mass is 715 g/mol. The average molecular weight is 716 g/mol. The first-order valence-electron chi connectivity index (χ1n) is 19.7. The number of pyridine rings is 1. The minimum atomic E-state index is -0.915. The first-order chi connectivity index (χ1) is 26.1. The highest BCUT2D eigenvalue weighted by Crippen LogP contribution is 2.58. The van der Waals surface area contributed by atoms with Crippen LogP contribution in [0.4, 0.5) is 0 Å². The molecule has 3 heterocycles. The van der Waals surface area contributed by atoms with Gasteiger partial charge >= 0.3 is 0 Å². The van der Waals surface area contributed by atoms with Crippen molar-refractivity contribution >= 4 is 64.9 Å². The van der Waals surface area contributed by atoms with Gasteiger partial charge in [-0.15, -0.1) is 0 Å². The highest BCUT2D eigenvalue weighted by molar-refractivity contribution is 6.48. The zero-order valence-electron chi connectivity index (χ0n) is 33.1. The minimum Gasteiger partial charge on any atom is -0.369 e. The maximum atomic E-state index is 12.9. The van der Waals surface area contributed by atoms with Gasteiger partial charge in [-0.05, 0) is 116 Å². The summed E-state index contributed by atoms with van der Waals surface area (Å²) in [6.45, 7) is 20.4. The number of fused-ring (bicyclic) bond motifs is 7. The van der Waals surface area contributed by atoms with Crippen LogP contribution < -0.4 is 0 Å². The van der Waals surface area contributed by atoms with Crippen LogP contribution in [-0.2, 0) is 16.2 Å². The first-order valence-corrected chi connectivity index (χ1v) is 19.7. The first kappa shape index (κ1) is 32.8. The van der Waals surface area contributed by atoms with Gasteiger partial charge in [0.2, 0.25) is 0 Å². The van der Waals surface area contributed by atoms with Gasteiger partial charge in [0, 0.05) is 22.2 Å². The summed E-state index contributed by atoms with van der Waals surface area (Å²) in [7, 11) is 0. The van der Waals surface area contributed by atoms with Crippen molar-refractivity contribution in [3.05, 3.63) is 120 Å². The summed E-state index contributed by atoms with van der Waals surface area (Å²) in [5, 5.41) is 25.3. The molecular formula is C51H45N3O. The van der Waals surface area contributed by atoms with E-state index in [0.717, 1.165) is 44.5 Å². The highest BCUT2D eigenvalue weighted by atomic mass is 16.3. The number of imidazole rings is 1. The Morgan fingerprint density at radius 3 is 1.64 bits per heavy atom. The lowest BCUT2D eigenvalue weighted by Gasteiger charge is -2.25. The second-order valence-electron chi connectivity index (χ2n) is 19.1. The topological polar surface area (TPSA) is 50.9 Å². The molecule has 0 saturated heterocycles. The van der Waals surface area contributed by atoms with E-state index in [1.807, 2.05) is 6.20 Å². The lowest BCUT2D eigenvalue weighted by molar-refractivity contribution is 0.161. The predicted octanol–water partition coefficient (Wildman–Crippen LogP) is 13.3. The number of rotatable bonds is 2. The van der Waals surface area contributed by atoms with Crippen molar-refractivity contribution in [2.45, 2.75) is 84.8 Å². The van der Waals surface area contributed by atoms with Crippen LogP contribution in [0.25, 0.3) is 98.5 Å². The van der Waals surface area contributed by atoms with Gasteiger partial charge in [-0.2, -0.15) is 0 Å². The molecule has 1 aliphatic heterocycles. The van der Waals surface area contributed by atoms with E-state index < -0.39 is 6.23 Å². The fraction of sp³-hybridized carbons (Fsp3) is 0.255. The zero-order chi connectivity index (χ0) is 38.1. The number of hydrogen-bond acceptors (Lipinski definition) is 3. The molecule has 2 aromatic heterocycles. The Kier molecular flexibility index (Phi) is 6.19. The molecule has 0 spiro atoms. The van der Waals surface area contributed by atoms with E-state index in [4.69, 9.17) is 9.97 Å². The van der Waals surface area contributed by atoms with Crippen molar-refractivity contribution in [1.29, 1.82) is 0 Å². The van der Waals surface area contributed by atoms with E-state index in [0.29, 0.717) is 0 Å². The molecule has 1 unspecified atom stereocenters. The molecule has 0 bridgehead atoms. The molecule has 11 rings (SSSR count). The molecule has 55 heavy (non-hydrogen) atoms. The second kappa shape index (κ2) is 10.4. The lowest BCUT2D eigenvalue weighted by Crippen LogP contribution is -2.14. The van der Waals surface area contributed by atoms with Crippen LogP contribution in [0.5, 0.6) is 0 Å². The van der Waals surface area contributed by atoms with Gasteiger partial charge in [0.25, 0.3) is 0 Å². The van der Waals surface area contributed by atoms with Crippen LogP contribution in [0.3, 0.4) is 0 Å². The molecule has 1 N–H and O–H groups in total. The van der Waals surface area contributed by atoms with E-state index in [9.17, 15) is 5.11 Å². The van der Waals surface area contributed by atoms with Gasteiger partial charge in [0.15, 0.2) is 6.23 Å². The molecule has 0 amide bonds. The van der Waals surface area contributed by atoms with E-state index in [1.54, 1.807) is 0 Å². The minimum absolute atomic E-state index is 0.0612. The van der Waals surface area contributed by atoms with E-state index >= 15 is 0 Å². The number of aromatic nitrogens is 3. The smallest absolute Gasteiger partial charge is 0.160 e. The van der Waals surface area contributed by atoms with Crippen LogP contribution in [0.2, 0.25) is 0 Å². The number of aliphatic hydroxyl groups is 1. The Bertz CT molecular complexity index is 3210. The molecule has 1 atom stereocenters. The maximum absolute atomic E-state index is 12.9. The lowest BCUT2D eigenvalue weighted by atomic mass is 9.79. The van der Waals surface area contributed by atoms with Crippen LogP contribution in [0, 0.1) is 0 Å². The number of aliphatic hydroxyl groups excluding tert-OH is 1. The average Bonchev–Trinajstić information content (AvgIpc) is 3.80. The van der Waals surface area contributed by atoms with Gasteiger partial charge in [-0.1, -0.05) is 135 Å². The summed E-state index contributed by atoms with van der Waals surface area (Å²) in [5.41, 5.74) is 11.9. The third-order valence-electron chi connectivity index (χ3n) is 12.6. The third-order valence-corrected chi connectivity index (χ3v) is 12.6. The number of nitrogens with zero attached hydrogens (tertiary/aromatic N) is 3. The zero-order valence-corrected chi connectivity index (χ0v) is 33.1. The molecule has 0 fully saturated rings. The molecule has 0 aliphatic carbocycles. The Morgan fingerprint density at radius 2 is 1.07 bits per heavy atom. The molecule has 4 heteroatoms. The molecule has 10 aromatic rings. The fourth-order valence-corrected chi connectivity index (χ4v) is 10.1. The van der Waals surface area contributed by atoms with E-state index in [1.165, 1.54) is 76.5 Å². The van der Waals surface area contributed by atoms with Crippen molar-refractivity contribution in [2.75, 3.05) is 0 Å².